The summed E-state index contributed by atoms with van der Waals surface area (Å²) in [6, 6.07) is 8.08. The molecule has 0 aliphatic carbocycles. The Bertz CT molecular complexity index is 1050. The smallest absolute Gasteiger partial charge is 0.405 e. The molecule has 1 heterocycles. The summed E-state index contributed by atoms with van der Waals surface area (Å²) in [6.45, 7) is 2.50. The van der Waals surface area contributed by atoms with Gasteiger partial charge in [-0.15, -0.1) is 0 Å². The van der Waals surface area contributed by atoms with Gasteiger partial charge in [0.25, 0.3) is 5.91 Å². The van der Waals surface area contributed by atoms with Crippen LogP contribution in [0, 0.1) is 5.92 Å². The van der Waals surface area contributed by atoms with Gasteiger partial charge in [-0.25, -0.2) is 4.79 Å². The maximum Gasteiger partial charge on any atom is 0.405 e. The first-order valence-electron chi connectivity index (χ1n) is 10.7. The highest BCUT2D eigenvalue weighted by Crippen LogP contribution is 2.31. The number of likely N-dealkylation sites (tertiary alicyclic amines) is 1. The number of ether oxygens (including phenoxy) is 2. The molecule has 0 spiro atoms. The number of rotatable bonds is 8. The number of anilines is 1. The zero-order chi connectivity index (χ0) is 24.8. The van der Waals surface area contributed by atoms with Crippen molar-refractivity contribution >= 4 is 52.5 Å². The Hall–Kier alpha value is -2.39. The fourth-order valence-electron chi connectivity index (χ4n) is 3.96. The second kappa shape index (κ2) is 11.8. The lowest BCUT2D eigenvalue weighted by atomic mass is 9.96. The van der Waals surface area contributed by atoms with Gasteiger partial charge in [0.05, 0.1) is 23.4 Å². The van der Waals surface area contributed by atoms with E-state index >= 15 is 0 Å². The summed E-state index contributed by atoms with van der Waals surface area (Å²) in [5.74, 6) is 0.397. The quantitative estimate of drug-likeness (QED) is 0.433. The van der Waals surface area contributed by atoms with E-state index in [4.69, 9.17) is 55.7 Å². The van der Waals surface area contributed by atoms with Crippen LogP contribution in [-0.4, -0.2) is 50.2 Å². The van der Waals surface area contributed by atoms with Gasteiger partial charge in [0, 0.05) is 34.8 Å². The van der Waals surface area contributed by atoms with Crippen LogP contribution in [0.3, 0.4) is 0 Å². The van der Waals surface area contributed by atoms with Gasteiger partial charge in [-0.05, 0) is 50.0 Å². The molecule has 2 amide bonds. The topological polar surface area (TPSA) is 120 Å². The number of hydrogen-bond donors (Lipinski definition) is 3. The molecule has 3 rings (SSSR count). The third kappa shape index (κ3) is 6.82. The second-order valence-electron chi connectivity index (χ2n) is 8.12. The van der Waals surface area contributed by atoms with E-state index in [1.54, 1.807) is 18.2 Å². The number of carbonyl (C=O) groups is 2. The van der Waals surface area contributed by atoms with Crippen molar-refractivity contribution in [3.05, 3.63) is 56.5 Å². The number of halogens is 3. The van der Waals surface area contributed by atoms with E-state index < -0.39 is 12.2 Å². The van der Waals surface area contributed by atoms with Crippen molar-refractivity contribution in [1.82, 2.24) is 10.2 Å². The van der Waals surface area contributed by atoms with Crippen LogP contribution >= 0.6 is 34.8 Å². The monoisotopic (exact) mass is 528 g/mol. The minimum Gasteiger partial charge on any atom is -0.496 e. The van der Waals surface area contributed by atoms with Gasteiger partial charge >= 0.3 is 6.09 Å². The van der Waals surface area contributed by atoms with Crippen LogP contribution in [0.4, 0.5) is 10.5 Å². The predicted octanol–water partition coefficient (Wildman–Crippen LogP) is 4.52. The first-order chi connectivity index (χ1) is 16.2. The molecule has 2 aromatic carbocycles. The van der Waals surface area contributed by atoms with Crippen molar-refractivity contribution in [3.8, 4) is 5.75 Å². The van der Waals surface area contributed by atoms with Crippen LogP contribution in [0.5, 0.6) is 5.75 Å². The van der Waals surface area contributed by atoms with Crippen LogP contribution in [0.1, 0.15) is 34.9 Å². The third-order valence-corrected chi connectivity index (χ3v) is 6.70. The SMILES string of the molecule is COc1cc(Cl)c(N)cc1C(=O)NCC1CCN(CC(OC(N)=O)c2ccc(Cl)cc2Cl)CC1. The Morgan fingerprint density at radius 2 is 1.85 bits per heavy atom. The summed E-state index contributed by atoms with van der Waals surface area (Å²) in [5, 5.41) is 4.20. The van der Waals surface area contributed by atoms with Crippen LogP contribution in [-0.2, 0) is 4.74 Å². The number of piperidine rings is 1. The number of nitrogens with one attached hydrogen (secondary N) is 1. The van der Waals surface area contributed by atoms with E-state index in [9.17, 15) is 9.59 Å². The molecule has 0 bridgehead atoms. The van der Waals surface area contributed by atoms with Crippen LogP contribution < -0.4 is 21.5 Å². The van der Waals surface area contributed by atoms with Gasteiger partial charge in [0.15, 0.2) is 0 Å². The molecule has 0 aromatic heterocycles. The molecule has 1 aliphatic heterocycles. The second-order valence-corrected chi connectivity index (χ2v) is 9.37. The summed E-state index contributed by atoms with van der Waals surface area (Å²) >= 11 is 18.3. The Morgan fingerprint density at radius 3 is 2.47 bits per heavy atom. The fourth-order valence-corrected chi connectivity index (χ4v) is 4.64. The van der Waals surface area contributed by atoms with E-state index in [2.05, 4.69) is 10.2 Å². The summed E-state index contributed by atoms with van der Waals surface area (Å²) in [5.41, 5.74) is 12.4. The molecule has 0 saturated carbocycles. The number of methoxy groups -OCH3 is 1. The molecule has 1 saturated heterocycles. The average Bonchev–Trinajstić information content (AvgIpc) is 2.79. The Labute approximate surface area is 213 Å². The molecule has 8 nitrogen and oxygen atoms in total. The number of benzene rings is 2. The fraction of sp³-hybridized carbons (Fsp3) is 0.391. The minimum absolute atomic E-state index is 0.269. The molecule has 1 fully saturated rings. The van der Waals surface area contributed by atoms with Crippen LogP contribution in [0.15, 0.2) is 30.3 Å². The summed E-state index contributed by atoms with van der Waals surface area (Å²) in [7, 11) is 1.47. The van der Waals surface area contributed by atoms with E-state index in [0.717, 1.165) is 25.9 Å². The van der Waals surface area contributed by atoms with Crippen LogP contribution in [0.2, 0.25) is 15.1 Å². The molecule has 1 unspecified atom stereocenters. The number of amides is 2. The average molecular weight is 530 g/mol. The number of nitrogens with two attached hydrogens (primary N) is 2. The van der Waals surface area contributed by atoms with E-state index in [1.165, 1.54) is 19.2 Å². The van der Waals surface area contributed by atoms with Crippen molar-refractivity contribution < 1.29 is 19.1 Å². The first-order valence-corrected chi connectivity index (χ1v) is 11.9. The zero-order valence-corrected chi connectivity index (χ0v) is 20.9. The first kappa shape index (κ1) is 26.2. The molecule has 2 aromatic rings. The summed E-state index contributed by atoms with van der Waals surface area (Å²) in [4.78, 5) is 26.3. The highest BCUT2D eigenvalue weighted by atomic mass is 35.5. The normalized spacial score (nSPS) is 15.5. The maximum absolute atomic E-state index is 12.7. The van der Waals surface area contributed by atoms with Crippen molar-refractivity contribution in [1.29, 1.82) is 0 Å². The summed E-state index contributed by atoms with van der Waals surface area (Å²) in [6.07, 6.45) is 0.239. The van der Waals surface area contributed by atoms with Gasteiger partial charge in [-0.3, -0.25) is 9.69 Å². The van der Waals surface area contributed by atoms with Gasteiger partial charge in [-0.2, -0.15) is 0 Å². The van der Waals surface area contributed by atoms with Gasteiger partial charge < -0.3 is 26.3 Å². The molecule has 11 heteroatoms. The Kier molecular flexibility index (Phi) is 9.13. The van der Waals surface area contributed by atoms with Gasteiger partial charge in [0.1, 0.15) is 11.9 Å². The molecule has 184 valence electrons. The number of hydrogen-bond acceptors (Lipinski definition) is 6. The van der Waals surface area contributed by atoms with E-state index in [1.807, 2.05) is 0 Å². The molecule has 34 heavy (non-hydrogen) atoms. The highest BCUT2D eigenvalue weighted by molar-refractivity contribution is 6.35. The van der Waals surface area contributed by atoms with Crippen LogP contribution in [0.25, 0.3) is 0 Å². The Balaban J connectivity index is 1.55. The largest absolute Gasteiger partial charge is 0.496 e. The number of primary amides is 1. The molecule has 1 atom stereocenters. The highest BCUT2D eigenvalue weighted by Gasteiger charge is 2.26. The van der Waals surface area contributed by atoms with Crippen molar-refractivity contribution in [3.63, 3.8) is 0 Å². The number of carbonyl (C=O) groups excluding carboxylic acids is 2. The van der Waals surface area contributed by atoms with Gasteiger partial charge in [0.2, 0.25) is 0 Å². The lowest BCUT2D eigenvalue weighted by molar-refractivity contribution is 0.0633. The molecule has 1 aliphatic rings. The summed E-state index contributed by atoms with van der Waals surface area (Å²) < 4.78 is 10.6. The predicted molar refractivity (Wildman–Crippen MR) is 134 cm³/mol. The lowest BCUT2D eigenvalue weighted by Crippen LogP contribution is -2.41. The maximum atomic E-state index is 12.7. The zero-order valence-electron chi connectivity index (χ0n) is 18.7. The standard InChI is InChI=1S/C23H27Cl3N4O4/c1-33-20-10-18(26)19(27)9-16(20)22(31)29-11-13-4-6-30(7-5-13)12-21(34-23(28)32)15-3-2-14(24)8-17(15)25/h2-3,8-10,13,21H,4-7,11-12,27H2,1H3,(H2,28,32)(H,29,31). The lowest BCUT2D eigenvalue weighted by Gasteiger charge is -2.34. The van der Waals surface area contributed by atoms with E-state index in [-0.39, 0.29) is 5.91 Å². The molecule has 0 radical (unpaired) electrons. The Morgan fingerprint density at radius 1 is 1.15 bits per heavy atom. The van der Waals surface area contributed by atoms with E-state index in [0.29, 0.717) is 56.6 Å². The molecule has 5 N–H and O–H groups in total. The molecular weight excluding hydrogens is 503 g/mol. The molecular formula is C23H27Cl3N4O4. The van der Waals surface area contributed by atoms with Gasteiger partial charge in [-0.1, -0.05) is 40.9 Å². The number of nitrogen functional groups attached to an aromatic ring is 1. The third-order valence-electron chi connectivity index (χ3n) is 5.81. The van der Waals surface area contributed by atoms with Crippen molar-refractivity contribution in [2.45, 2.75) is 18.9 Å². The van der Waals surface area contributed by atoms with Crippen molar-refractivity contribution in [2.24, 2.45) is 11.7 Å². The minimum atomic E-state index is -0.869. The number of nitrogens with zero attached hydrogens (tertiary/aromatic N) is 1. The van der Waals surface area contributed by atoms with Crippen molar-refractivity contribution in [2.75, 3.05) is 39.0 Å².